The van der Waals surface area contributed by atoms with Crippen molar-refractivity contribution in [3.8, 4) is 22.9 Å². The van der Waals surface area contributed by atoms with Gasteiger partial charge in [0, 0.05) is 24.1 Å². The predicted octanol–water partition coefficient (Wildman–Crippen LogP) is 8.26. The molecule has 0 saturated carbocycles. The first-order valence-electron chi connectivity index (χ1n) is 13.5. The van der Waals surface area contributed by atoms with Crippen LogP contribution in [-0.4, -0.2) is 55.8 Å². The van der Waals surface area contributed by atoms with Gasteiger partial charge >= 0.3 is 6.09 Å². The number of ether oxygens (including phenoxy) is 2. The quantitative estimate of drug-likeness (QED) is 0.131. The molecular weight excluding hydrogens is 557 g/mol. The third kappa shape index (κ3) is 7.45. The number of hydrogen-bond acceptors (Lipinski definition) is 9. The fourth-order valence-corrected chi connectivity index (χ4v) is 11.0. The summed E-state index contributed by atoms with van der Waals surface area (Å²) in [7, 11) is 0.650. The monoisotopic (exact) mass is 596 g/mol. The van der Waals surface area contributed by atoms with Crippen LogP contribution in [-0.2, 0) is 4.74 Å². The average Bonchev–Trinajstić information content (AvgIpc) is 3.38. The minimum atomic E-state index is -2.26. The molecule has 1 amide bonds. The summed E-state index contributed by atoms with van der Waals surface area (Å²) in [6, 6.07) is 13.2. The minimum absolute atomic E-state index is 0.384. The normalized spacial score (nSPS) is 12.8. The highest BCUT2D eigenvalue weighted by Crippen LogP contribution is 2.43. The molecule has 3 rings (SSSR count). The van der Waals surface area contributed by atoms with Gasteiger partial charge in [-0.15, -0.1) is 11.8 Å². The second-order valence-electron chi connectivity index (χ2n) is 10.6. The van der Waals surface area contributed by atoms with Crippen molar-refractivity contribution in [2.45, 2.75) is 65.1 Å². The first-order chi connectivity index (χ1) is 19.4. The van der Waals surface area contributed by atoms with Gasteiger partial charge in [0.15, 0.2) is 0 Å². The van der Waals surface area contributed by atoms with Gasteiger partial charge in [0.1, 0.15) is 22.3 Å². The molecule has 0 aliphatic heterocycles. The Morgan fingerprint density at radius 2 is 1.56 bits per heavy atom. The van der Waals surface area contributed by atoms with Gasteiger partial charge in [-0.3, -0.25) is 0 Å². The van der Waals surface area contributed by atoms with Crippen molar-refractivity contribution in [2.75, 3.05) is 20.5 Å². The van der Waals surface area contributed by atoms with Gasteiger partial charge in [-0.1, -0.05) is 46.7 Å². The molecule has 0 unspecified atom stereocenters. The zero-order chi connectivity index (χ0) is 30.3. The number of carbonyl (C=O) groups is 1. The SMILES string of the molecule is COC(=O)/N=C(\SC)C(=Nc1ccc(-c2noc(C)n2)cc1)c1cc(OC)cc(O[Si](C(C)C)(C(C)C)C(C)C)c1. The first kappa shape index (κ1) is 32.1. The van der Waals surface area contributed by atoms with Crippen LogP contribution in [0.2, 0.25) is 16.6 Å². The van der Waals surface area contributed by atoms with Crippen LogP contribution in [0.3, 0.4) is 0 Å². The zero-order valence-electron chi connectivity index (χ0n) is 25.5. The highest BCUT2D eigenvalue weighted by atomic mass is 32.2. The van der Waals surface area contributed by atoms with Crippen LogP contribution >= 0.6 is 11.8 Å². The van der Waals surface area contributed by atoms with Crippen molar-refractivity contribution in [2.24, 2.45) is 9.98 Å². The Balaban J connectivity index is 2.19. The first-order valence-corrected chi connectivity index (χ1v) is 16.9. The van der Waals surface area contributed by atoms with Gasteiger partial charge < -0.3 is 18.4 Å². The van der Waals surface area contributed by atoms with E-state index in [9.17, 15) is 4.79 Å². The van der Waals surface area contributed by atoms with E-state index in [0.29, 0.717) is 61.8 Å². The number of aliphatic imine (C=N–C) groups is 2. The van der Waals surface area contributed by atoms with Gasteiger partial charge in [-0.2, -0.15) is 9.98 Å². The van der Waals surface area contributed by atoms with E-state index in [0.717, 1.165) is 5.56 Å². The molecule has 0 bridgehead atoms. The van der Waals surface area contributed by atoms with Gasteiger partial charge in [-0.25, -0.2) is 9.79 Å². The number of methoxy groups -OCH3 is 2. The summed E-state index contributed by atoms with van der Waals surface area (Å²) in [5, 5.41) is 4.38. The maximum Gasteiger partial charge on any atom is 0.434 e. The Morgan fingerprint density at radius 1 is 0.951 bits per heavy atom. The van der Waals surface area contributed by atoms with Gasteiger partial charge in [0.05, 0.1) is 19.9 Å². The van der Waals surface area contributed by atoms with Crippen molar-refractivity contribution in [3.63, 3.8) is 0 Å². The lowest BCUT2D eigenvalue weighted by atomic mass is 10.1. The molecule has 0 saturated heterocycles. The largest absolute Gasteiger partial charge is 0.543 e. The van der Waals surface area contributed by atoms with E-state index in [2.05, 4.69) is 56.7 Å². The molecule has 0 atom stereocenters. The van der Waals surface area contributed by atoms with Crippen LogP contribution in [0.4, 0.5) is 10.5 Å². The van der Waals surface area contributed by atoms with Gasteiger partial charge in [0.2, 0.25) is 11.7 Å². The van der Waals surface area contributed by atoms with E-state index >= 15 is 0 Å². The molecule has 9 nitrogen and oxygen atoms in total. The van der Waals surface area contributed by atoms with Crippen molar-refractivity contribution in [3.05, 3.63) is 53.9 Å². The molecule has 11 heteroatoms. The second-order valence-corrected chi connectivity index (χ2v) is 16.7. The smallest absolute Gasteiger partial charge is 0.434 e. The third-order valence-corrected chi connectivity index (χ3v) is 13.7. The number of aryl methyl sites for hydroxylation is 1. The van der Waals surface area contributed by atoms with Crippen molar-refractivity contribution in [1.29, 1.82) is 0 Å². The molecule has 0 aliphatic rings. The summed E-state index contributed by atoms with van der Waals surface area (Å²) in [4.78, 5) is 25.6. The molecule has 220 valence electrons. The maximum absolute atomic E-state index is 12.2. The lowest BCUT2D eigenvalue weighted by Crippen LogP contribution is -2.50. The number of nitrogens with zero attached hydrogens (tertiary/aromatic N) is 4. The molecule has 41 heavy (non-hydrogen) atoms. The summed E-state index contributed by atoms with van der Waals surface area (Å²) in [5.41, 5.74) is 3.79. The van der Waals surface area contributed by atoms with Crippen molar-refractivity contribution in [1.82, 2.24) is 10.1 Å². The number of benzene rings is 2. The van der Waals surface area contributed by atoms with Crippen LogP contribution in [0.25, 0.3) is 11.4 Å². The van der Waals surface area contributed by atoms with Crippen LogP contribution < -0.4 is 9.16 Å². The lowest BCUT2D eigenvalue weighted by Gasteiger charge is -2.42. The summed E-state index contributed by atoms with van der Waals surface area (Å²) >= 11 is 1.30. The van der Waals surface area contributed by atoms with E-state index < -0.39 is 14.4 Å². The minimum Gasteiger partial charge on any atom is -0.543 e. The molecule has 0 aliphatic carbocycles. The number of hydrogen-bond donors (Lipinski definition) is 0. The number of aromatic nitrogens is 2. The molecule has 0 spiro atoms. The zero-order valence-corrected chi connectivity index (χ0v) is 27.3. The van der Waals surface area contributed by atoms with Crippen LogP contribution in [0, 0.1) is 6.92 Å². The Hall–Kier alpha value is -3.44. The highest BCUT2D eigenvalue weighted by Gasteiger charge is 2.47. The van der Waals surface area contributed by atoms with Crippen LogP contribution in [0.15, 0.2) is 57.0 Å². The van der Waals surface area contributed by atoms with E-state index in [1.54, 1.807) is 14.0 Å². The van der Waals surface area contributed by atoms with E-state index in [1.165, 1.54) is 18.9 Å². The molecule has 0 radical (unpaired) electrons. The second kappa shape index (κ2) is 14.0. The third-order valence-electron chi connectivity index (χ3n) is 7.05. The molecule has 1 heterocycles. The number of rotatable bonds is 10. The van der Waals surface area contributed by atoms with E-state index in [4.69, 9.17) is 23.4 Å². The molecule has 2 aromatic carbocycles. The summed E-state index contributed by atoms with van der Waals surface area (Å²) < 4.78 is 22.6. The van der Waals surface area contributed by atoms with Gasteiger partial charge in [0.25, 0.3) is 8.32 Å². The van der Waals surface area contributed by atoms with E-state index in [1.807, 2.05) is 48.7 Å². The van der Waals surface area contributed by atoms with Crippen LogP contribution in [0.5, 0.6) is 11.5 Å². The molecule has 0 fully saturated rings. The Morgan fingerprint density at radius 3 is 2.05 bits per heavy atom. The summed E-state index contributed by atoms with van der Waals surface area (Å²) in [5.74, 6) is 2.31. The van der Waals surface area contributed by atoms with Crippen LogP contribution in [0.1, 0.15) is 53.0 Å². The maximum atomic E-state index is 12.2. The highest BCUT2D eigenvalue weighted by molar-refractivity contribution is 8.15. The number of amides is 1. The topological polar surface area (TPSA) is 108 Å². The predicted molar refractivity (Wildman–Crippen MR) is 169 cm³/mol. The fraction of sp³-hybridized carbons (Fsp3) is 0.433. The lowest BCUT2D eigenvalue weighted by molar-refractivity contribution is 0.183. The Bertz CT molecular complexity index is 1380. The standard InChI is InChI=1S/C30H40N4O5SSi/c1-18(2)41(19(3)4,20(5)6)39-26-16-23(15-25(17-26)36-8)27(29(40-10)33-30(35)37-9)32-24-13-11-22(12-14-24)28-31-21(7)38-34-28/h11-20H,1-10H3/b32-27?,33-29-. The van der Waals surface area contributed by atoms with Crippen molar-refractivity contribution < 1.29 is 23.2 Å². The molecule has 0 N–H and O–H groups in total. The fourth-order valence-electron chi connectivity index (χ4n) is 5.23. The molecule has 1 aromatic heterocycles. The summed E-state index contributed by atoms with van der Waals surface area (Å²) in [6.07, 6.45) is 1.13. The van der Waals surface area contributed by atoms with Gasteiger partial charge in [-0.05, 0) is 59.3 Å². The Labute approximate surface area is 247 Å². The van der Waals surface area contributed by atoms with E-state index in [-0.39, 0.29) is 0 Å². The number of thioether (sulfide) groups is 1. The van der Waals surface area contributed by atoms with Crippen molar-refractivity contribution >= 4 is 42.6 Å². The molecule has 3 aromatic rings. The number of carbonyl (C=O) groups excluding carboxylic acids is 1. The summed E-state index contributed by atoms with van der Waals surface area (Å²) in [6.45, 7) is 15.2. The Kier molecular flexibility index (Phi) is 10.9. The molecular formula is C30H40N4O5SSi. The average molecular weight is 597 g/mol.